The van der Waals surface area contributed by atoms with Crippen molar-refractivity contribution in [3.63, 3.8) is 0 Å². The predicted octanol–water partition coefficient (Wildman–Crippen LogP) is 14.1. The second kappa shape index (κ2) is 14.9. The summed E-state index contributed by atoms with van der Waals surface area (Å²) in [5.41, 5.74) is 7.62. The number of benzene rings is 9. The minimum atomic E-state index is -2.26. The molecule has 3 aliphatic carbocycles. The van der Waals surface area contributed by atoms with E-state index in [2.05, 4.69) is 223 Å². The fraction of sp³-hybridized carbons (Fsp3) is 0.172. The van der Waals surface area contributed by atoms with E-state index in [1.165, 1.54) is 106 Å². The van der Waals surface area contributed by atoms with Crippen LogP contribution in [0.4, 0.5) is 0 Å². The number of allylic oxidation sites excluding steroid dienone is 7. The number of nitrogens with zero attached hydrogens (tertiary/aromatic N) is 1. The second-order valence-electron chi connectivity index (χ2n) is 20.3. The Kier molecular flexibility index (Phi) is 8.78. The van der Waals surface area contributed by atoms with E-state index < -0.39 is 6.89 Å². The van der Waals surface area contributed by atoms with Gasteiger partial charge in [-0.3, -0.25) is 5.32 Å². The molecule has 3 heteroatoms. The van der Waals surface area contributed by atoms with Gasteiger partial charge in [-0.2, -0.15) is 0 Å². The number of rotatable bonds is 6. The van der Waals surface area contributed by atoms with Gasteiger partial charge in [0.05, 0.1) is 0 Å². The van der Waals surface area contributed by atoms with Gasteiger partial charge in [0.15, 0.2) is 0 Å². The van der Waals surface area contributed by atoms with Crippen molar-refractivity contribution in [1.82, 2.24) is 10.2 Å². The third kappa shape index (κ3) is 6.12. The molecule has 0 radical (unpaired) electrons. The Balaban J connectivity index is 0.767. The molecule has 2 aliphatic heterocycles. The van der Waals surface area contributed by atoms with Crippen LogP contribution in [0, 0.1) is 17.3 Å². The average molecular weight is 881 g/mol. The van der Waals surface area contributed by atoms with Crippen LogP contribution in [0.1, 0.15) is 55.0 Å². The van der Waals surface area contributed by atoms with Gasteiger partial charge in [0.2, 0.25) is 0 Å². The van der Waals surface area contributed by atoms with Crippen LogP contribution in [0.15, 0.2) is 212 Å². The van der Waals surface area contributed by atoms with Crippen molar-refractivity contribution >= 4 is 88.5 Å². The van der Waals surface area contributed by atoms with Crippen molar-refractivity contribution in [3.05, 3.63) is 229 Å². The van der Waals surface area contributed by atoms with Crippen LogP contribution >= 0.6 is 6.89 Å². The predicted molar refractivity (Wildman–Crippen MR) is 289 cm³/mol. The molecule has 14 rings (SSSR count). The molecule has 1 saturated heterocycles. The van der Waals surface area contributed by atoms with Crippen molar-refractivity contribution in [1.29, 1.82) is 0 Å². The molecule has 1 spiro atoms. The lowest BCUT2D eigenvalue weighted by molar-refractivity contribution is 0.203. The summed E-state index contributed by atoms with van der Waals surface area (Å²) in [5, 5.41) is 20.8. The molecule has 5 unspecified atom stereocenters. The van der Waals surface area contributed by atoms with E-state index >= 15 is 0 Å². The molecular formula is C64H53N2P. The average Bonchev–Trinajstić information content (AvgIpc) is 3.95. The summed E-state index contributed by atoms with van der Waals surface area (Å²) in [7, 11) is 0. The molecule has 67 heavy (non-hydrogen) atoms. The van der Waals surface area contributed by atoms with E-state index in [1.807, 2.05) is 0 Å². The maximum atomic E-state index is 5.20. The first-order chi connectivity index (χ1) is 32.9. The topological polar surface area (TPSA) is 15.3 Å². The lowest BCUT2D eigenvalue weighted by Crippen LogP contribution is -2.40. The summed E-state index contributed by atoms with van der Waals surface area (Å²) in [6, 6.07) is 64.2. The molecule has 2 nitrogen and oxygen atoms in total. The first-order valence-electron chi connectivity index (χ1n) is 24.4. The van der Waals surface area contributed by atoms with Gasteiger partial charge in [0.1, 0.15) is 6.17 Å². The van der Waals surface area contributed by atoms with Crippen LogP contribution < -0.4 is 21.2 Å². The Labute approximate surface area is 393 Å². The molecule has 0 amide bonds. The number of hydrogen-bond acceptors (Lipinski definition) is 2. The van der Waals surface area contributed by atoms with Crippen LogP contribution in [0.5, 0.6) is 0 Å². The third-order valence-corrected chi connectivity index (χ3v) is 20.3. The molecule has 9 aromatic rings. The molecule has 9 aromatic carbocycles. The standard InChI is InChI=1S/C64H53N2P/c1-41(11-9-19-52-40-66-61-37-50-17-10-18-51-38-64(50,51)39-60(61)59-31-25-44-14-7-8-20-58(44)62(59)63(66)65-52)45-26-30-56-48(33-45)21-22-49-36-55(29-32-57(49)56)67(2,53-27-23-42-12-3-5-15-46(42)34-53)54-28-24-43-13-4-6-16-47(43)35-54/h3-16,18-37,50-52,60,63,65H,2,17,38-40H2,1H3/b19-9-,41-11+/t50?,51?,52?,60?,63?,64-/m0/s1. The van der Waals surface area contributed by atoms with Crippen molar-refractivity contribution < 1.29 is 0 Å². The summed E-state index contributed by atoms with van der Waals surface area (Å²) in [4.78, 5) is 2.75. The van der Waals surface area contributed by atoms with Crippen molar-refractivity contribution in [2.24, 2.45) is 17.3 Å². The van der Waals surface area contributed by atoms with E-state index in [-0.39, 0.29) is 12.2 Å². The number of fused-ring (bicyclic) bond motifs is 13. The zero-order valence-corrected chi connectivity index (χ0v) is 38.8. The van der Waals surface area contributed by atoms with Gasteiger partial charge in [-0.25, -0.2) is 0 Å². The van der Waals surface area contributed by atoms with E-state index in [9.17, 15) is 0 Å². The Morgan fingerprint density at radius 1 is 0.627 bits per heavy atom. The summed E-state index contributed by atoms with van der Waals surface area (Å²) >= 11 is 0. The molecule has 2 fully saturated rings. The molecule has 0 bridgehead atoms. The zero-order valence-electron chi connectivity index (χ0n) is 37.9. The van der Waals surface area contributed by atoms with Gasteiger partial charge in [0, 0.05) is 29.8 Å². The summed E-state index contributed by atoms with van der Waals surface area (Å²) in [6.07, 6.45) is 23.9. The highest BCUT2D eigenvalue weighted by Crippen LogP contribution is 2.70. The summed E-state index contributed by atoms with van der Waals surface area (Å²) < 4.78 is 0. The number of nitrogens with one attached hydrogen (secondary N) is 1. The van der Waals surface area contributed by atoms with Crippen molar-refractivity contribution in [3.8, 4) is 0 Å². The molecule has 1 saturated carbocycles. The van der Waals surface area contributed by atoms with E-state index in [0.717, 1.165) is 12.5 Å². The van der Waals surface area contributed by atoms with E-state index in [4.69, 9.17) is 6.30 Å². The van der Waals surface area contributed by atoms with Crippen LogP contribution in [-0.2, 0) is 0 Å². The van der Waals surface area contributed by atoms with Crippen molar-refractivity contribution in [2.45, 2.75) is 44.3 Å². The highest BCUT2D eigenvalue weighted by Gasteiger charge is 2.62. The van der Waals surface area contributed by atoms with Gasteiger partial charge in [0.25, 0.3) is 0 Å². The fourth-order valence-electron chi connectivity index (χ4n) is 13.1. The molecular weight excluding hydrogens is 828 g/mol. The number of hydrogen-bond donors (Lipinski definition) is 1. The second-order valence-corrected chi connectivity index (χ2v) is 23.5. The molecule has 324 valence electrons. The van der Waals surface area contributed by atoms with Crippen LogP contribution in [0.3, 0.4) is 0 Å². The molecule has 1 N–H and O–H groups in total. The highest BCUT2D eigenvalue weighted by atomic mass is 31.2. The van der Waals surface area contributed by atoms with Crippen molar-refractivity contribution in [2.75, 3.05) is 6.54 Å². The Morgan fingerprint density at radius 3 is 1.99 bits per heavy atom. The fourth-order valence-corrected chi connectivity index (χ4v) is 16.1. The van der Waals surface area contributed by atoms with Gasteiger partial charge in [-0.15, -0.1) is 0 Å². The quantitative estimate of drug-likeness (QED) is 0.0775. The molecule has 2 heterocycles. The lowest BCUT2D eigenvalue weighted by atomic mass is 9.66. The van der Waals surface area contributed by atoms with Gasteiger partial charge in [-0.05, 0) is 161 Å². The minimum Gasteiger partial charge on any atom is -0.353 e. The normalized spacial score (nSPS) is 24.2. The maximum Gasteiger partial charge on any atom is 0.107 e. The Morgan fingerprint density at radius 2 is 1.24 bits per heavy atom. The van der Waals surface area contributed by atoms with Crippen LogP contribution in [-0.4, -0.2) is 23.8 Å². The van der Waals surface area contributed by atoms with E-state index in [0.29, 0.717) is 17.3 Å². The Bertz CT molecular complexity index is 3650. The first-order valence-corrected chi connectivity index (χ1v) is 26.4. The molecule has 6 atom stereocenters. The minimum absolute atomic E-state index is 0.183. The van der Waals surface area contributed by atoms with Gasteiger partial charge >= 0.3 is 0 Å². The van der Waals surface area contributed by atoms with Gasteiger partial charge in [-0.1, -0.05) is 188 Å². The van der Waals surface area contributed by atoms with Crippen LogP contribution in [0.2, 0.25) is 0 Å². The molecule has 5 aliphatic rings. The SMILES string of the molecule is C=P(c1ccc2ccccc2c1)(c1ccc2ccccc2c1)c1ccc2c(ccc3cc(/C(C)=C/C=C\C4CN5C6=CC7CC=CC8C[C@]78CC6c6ccc7ccccc7c6C5N4)ccc32)c1. The smallest absolute Gasteiger partial charge is 0.107 e. The third-order valence-electron chi connectivity index (χ3n) is 16.8. The highest BCUT2D eigenvalue weighted by molar-refractivity contribution is 7.93. The van der Waals surface area contributed by atoms with E-state index in [1.54, 1.807) is 11.3 Å². The van der Waals surface area contributed by atoms with Gasteiger partial charge < -0.3 is 4.90 Å². The largest absolute Gasteiger partial charge is 0.353 e. The Hall–Kier alpha value is -6.70. The molecule has 0 aromatic heterocycles. The maximum absolute atomic E-state index is 5.20. The lowest BCUT2D eigenvalue weighted by Gasteiger charge is -2.47. The zero-order chi connectivity index (χ0) is 44.4. The summed E-state index contributed by atoms with van der Waals surface area (Å²) in [6.45, 7) is 0.980. The summed E-state index contributed by atoms with van der Waals surface area (Å²) in [5.74, 6) is 1.92. The first kappa shape index (κ1) is 39.5. The van der Waals surface area contributed by atoms with Crippen LogP contribution in [0.25, 0.3) is 59.4 Å². The monoisotopic (exact) mass is 880 g/mol.